The van der Waals surface area contributed by atoms with E-state index in [4.69, 9.17) is 16.3 Å². The van der Waals surface area contributed by atoms with Crippen LogP contribution in [0.15, 0.2) is 36.4 Å². The number of hydrogen-bond acceptors (Lipinski definition) is 9. The molecule has 0 atom stereocenters. The fourth-order valence-electron chi connectivity index (χ4n) is 4.80. The Morgan fingerprint density at radius 1 is 1.03 bits per heavy atom. The zero-order valence-corrected chi connectivity index (χ0v) is 22.4. The average Bonchev–Trinajstić information content (AvgIpc) is 2.93. The van der Waals surface area contributed by atoms with Crippen LogP contribution in [0.2, 0.25) is 5.15 Å². The number of unbranched alkanes of at least 4 members (excludes halogenated alkanes) is 1. The predicted octanol–water partition coefficient (Wildman–Crippen LogP) is 2.31. The zero-order valence-electron chi connectivity index (χ0n) is 20.8. The van der Waals surface area contributed by atoms with Crippen LogP contribution in [0.4, 0.5) is 11.5 Å². The van der Waals surface area contributed by atoms with Gasteiger partial charge >= 0.3 is 0 Å². The Kier molecular flexibility index (Phi) is 8.73. The quantitative estimate of drug-likeness (QED) is 0.273. The van der Waals surface area contributed by atoms with E-state index in [0.717, 1.165) is 24.3 Å². The van der Waals surface area contributed by atoms with Crippen molar-refractivity contribution in [1.82, 2.24) is 20.0 Å². The lowest BCUT2D eigenvalue weighted by Gasteiger charge is -2.44. The molecule has 1 aromatic carbocycles. The largest absolute Gasteiger partial charge is 0.494 e. The van der Waals surface area contributed by atoms with Crippen LogP contribution in [-0.2, 0) is 14.8 Å². The molecular weight excluding hydrogens is 520 g/mol. The van der Waals surface area contributed by atoms with E-state index < -0.39 is 20.7 Å². The van der Waals surface area contributed by atoms with Crippen molar-refractivity contribution >= 4 is 39.0 Å². The zero-order chi connectivity index (χ0) is 26.5. The van der Waals surface area contributed by atoms with Gasteiger partial charge in [-0.25, -0.2) is 13.9 Å². The molecule has 3 heterocycles. The highest BCUT2D eigenvalue weighted by atomic mass is 35.5. The molecule has 1 amide bonds. The number of ether oxygens (including phenoxy) is 1. The number of carbonyl (C=O) groups is 1. The van der Waals surface area contributed by atoms with Crippen LogP contribution in [0, 0.1) is 0 Å². The first-order valence-corrected chi connectivity index (χ1v) is 14.3. The number of amides is 1. The average molecular weight is 553 g/mol. The molecule has 0 aliphatic carbocycles. The number of piperazine rings is 1. The van der Waals surface area contributed by atoms with Crippen LogP contribution in [0.5, 0.6) is 5.75 Å². The van der Waals surface area contributed by atoms with Crippen molar-refractivity contribution in [3.05, 3.63) is 41.6 Å². The maximum Gasteiger partial charge on any atom is 0.266 e. The minimum absolute atomic E-state index is 0.00570. The first kappa shape index (κ1) is 27.4. The highest BCUT2D eigenvalue weighted by Gasteiger charge is 2.55. The highest BCUT2D eigenvalue weighted by molar-refractivity contribution is 7.91. The van der Waals surface area contributed by atoms with Gasteiger partial charge in [0.25, 0.3) is 5.91 Å². The Labute approximate surface area is 222 Å². The summed E-state index contributed by atoms with van der Waals surface area (Å²) < 4.78 is 33.0. The molecule has 1 aromatic heterocycles. The molecule has 11 nitrogen and oxygen atoms in total. The molecule has 0 saturated carbocycles. The summed E-state index contributed by atoms with van der Waals surface area (Å²) in [5, 5.41) is 17.6. The standard InChI is InChI=1S/C24H33ClN6O5S/c1-2-3-18-36-20-6-4-19(5-7-20)29-14-16-31(17-15-29)37(34,35)24(23(32)28-33)10-12-30(13-11-24)22-9-8-21(25)26-27-22/h4-9,33H,2-3,10-18H2,1H3,(H,28,32). The molecule has 2 N–H and O–H groups in total. The van der Waals surface area contributed by atoms with Gasteiger partial charge in [-0.05, 0) is 55.7 Å². The number of nitrogens with zero attached hydrogens (tertiary/aromatic N) is 5. The maximum absolute atomic E-state index is 13.8. The molecule has 2 saturated heterocycles. The number of carbonyl (C=O) groups excluding carboxylic acids is 1. The van der Waals surface area contributed by atoms with Gasteiger partial charge in [0.05, 0.1) is 6.61 Å². The van der Waals surface area contributed by atoms with E-state index in [9.17, 15) is 18.4 Å². The van der Waals surface area contributed by atoms with Crippen molar-refractivity contribution in [2.75, 3.05) is 55.7 Å². The number of anilines is 2. The third kappa shape index (κ3) is 5.77. The van der Waals surface area contributed by atoms with E-state index in [1.54, 1.807) is 17.6 Å². The second-order valence-electron chi connectivity index (χ2n) is 9.22. The first-order valence-electron chi connectivity index (χ1n) is 12.5. The molecule has 0 spiro atoms. The van der Waals surface area contributed by atoms with Gasteiger partial charge in [0.2, 0.25) is 10.0 Å². The van der Waals surface area contributed by atoms with Crippen molar-refractivity contribution in [2.45, 2.75) is 37.4 Å². The van der Waals surface area contributed by atoms with Gasteiger partial charge in [-0.3, -0.25) is 10.0 Å². The molecule has 2 aliphatic heterocycles. The Morgan fingerprint density at radius 3 is 2.27 bits per heavy atom. The molecule has 2 aromatic rings. The number of hydroxylamine groups is 1. The lowest BCUT2D eigenvalue weighted by Crippen LogP contribution is -2.63. The molecular formula is C24H33ClN6O5S. The number of aromatic nitrogens is 2. The van der Waals surface area contributed by atoms with Gasteiger partial charge in [-0.2, -0.15) is 4.31 Å². The third-order valence-electron chi connectivity index (χ3n) is 7.07. The molecule has 2 fully saturated rings. The highest BCUT2D eigenvalue weighted by Crippen LogP contribution is 2.36. The second kappa shape index (κ2) is 11.8. The minimum Gasteiger partial charge on any atom is -0.494 e. The summed E-state index contributed by atoms with van der Waals surface area (Å²) in [5.41, 5.74) is 2.60. The van der Waals surface area contributed by atoms with Gasteiger partial charge in [0.15, 0.2) is 15.7 Å². The molecule has 0 radical (unpaired) electrons. The van der Waals surface area contributed by atoms with Gasteiger partial charge in [-0.15, -0.1) is 10.2 Å². The summed E-state index contributed by atoms with van der Waals surface area (Å²) >= 11 is 5.81. The van der Waals surface area contributed by atoms with E-state index in [1.165, 1.54) is 4.31 Å². The number of rotatable bonds is 9. The van der Waals surface area contributed by atoms with E-state index in [1.807, 2.05) is 29.2 Å². The summed E-state index contributed by atoms with van der Waals surface area (Å²) in [7, 11) is -4.06. The van der Waals surface area contributed by atoms with Crippen LogP contribution in [0.3, 0.4) is 0 Å². The number of sulfonamides is 1. The van der Waals surface area contributed by atoms with Gasteiger partial charge in [-0.1, -0.05) is 24.9 Å². The topological polar surface area (TPSA) is 128 Å². The molecule has 2 aliphatic rings. The molecule has 37 heavy (non-hydrogen) atoms. The summed E-state index contributed by atoms with van der Waals surface area (Å²) in [6, 6.07) is 11.1. The normalized spacial score (nSPS) is 18.5. The summed E-state index contributed by atoms with van der Waals surface area (Å²) in [4.78, 5) is 16.8. The first-order chi connectivity index (χ1) is 17.8. The monoisotopic (exact) mass is 552 g/mol. The van der Waals surface area contributed by atoms with Gasteiger partial charge in [0.1, 0.15) is 5.75 Å². The van der Waals surface area contributed by atoms with Crippen LogP contribution in [0.1, 0.15) is 32.6 Å². The van der Waals surface area contributed by atoms with Crippen molar-refractivity contribution in [1.29, 1.82) is 0 Å². The van der Waals surface area contributed by atoms with Crippen molar-refractivity contribution in [3.8, 4) is 5.75 Å². The molecule has 13 heteroatoms. The third-order valence-corrected chi connectivity index (χ3v) is 9.90. The minimum atomic E-state index is -4.06. The molecule has 4 rings (SSSR count). The molecule has 202 valence electrons. The fourth-order valence-corrected chi connectivity index (χ4v) is 7.02. The van der Waals surface area contributed by atoms with E-state index in [-0.39, 0.29) is 44.2 Å². The Balaban J connectivity index is 1.42. The Morgan fingerprint density at radius 2 is 1.70 bits per heavy atom. The van der Waals surface area contributed by atoms with Crippen LogP contribution in [0.25, 0.3) is 0 Å². The Hall–Kier alpha value is -2.67. The summed E-state index contributed by atoms with van der Waals surface area (Å²) in [6.07, 6.45) is 2.08. The lowest BCUT2D eigenvalue weighted by atomic mass is 9.95. The maximum atomic E-state index is 13.8. The smallest absolute Gasteiger partial charge is 0.266 e. The van der Waals surface area contributed by atoms with Crippen LogP contribution < -0.4 is 20.0 Å². The number of piperidine rings is 1. The van der Waals surface area contributed by atoms with Crippen LogP contribution in [-0.4, -0.2) is 84.7 Å². The number of halogens is 1. The number of hydrogen-bond donors (Lipinski definition) is 2. The molecule has 0 bridgehead atoms. The van der Waals surface area contributed by atoms with Gasteiger partial charge < -0.3 is 14.5 Å². The lowest BCUT2D eigenvalue weighted by molar-refractivity contribution is -0.132. The van der Waals surface area contributed by atoms with Gasteiger partial charge in [0, 0.05) is 45.0 Å². The van der Waals surface area contributed by atoms with Crippen LogP contribution >= 0.6 is 11.6 Å². The van der Waals surface area contributed by atoms with E-state index >= 15 is 0 Å². The van der Waals surface area contributed by atoms with E-state index in [0.29, 0.717) is 25.5 Å². The second-order valence-corrected chi connectivity index (χ2v) is 11.9. The SMILES string of the molecule is CCCCOc1ccc(N2CCN(S(=O)(=O)C3(C(=O)NO)CCN(c4ccc(Cl)nn4)CC3)CC2)cc1. The summed E-state index contributed by atoms with van der Waals surface area (Å²) in [6.45, 7) is 4.76. The fraction of sp³-hybridized carbons (Fsp3) is 0.542. The summed E-state index contributed by atoms with van der Waals surface area (Å²) in [5.74, 6) is 0.455. The molecule has 0 unspecified atom stereocenters. The van der Waals surface area contributed by atoms with E-state index in [2.05, 4.69) is 22.0 Å². The van der Waals surface area contributed by atoms with Crippen molar-refractivity contribution < 1.29 is 23.2 Å². The number of nitrogens with one attached hydrogen (secondary N) is 1. The Bertz CT molecular complexity index is 1150. The van der Waals surface area contributed by atoms with Crippen molar-refractivity contribution in [2.24, 2.45) is 0 Å². The van der Waals surface area contributed by atoms with Crippen molar-refractivity contribution in [3.63, 3.8) is 0 Å². The predicted molar refractivity (Wildman–Crippen MR) is 141 cm³/mol. The number of benzene rings is 1.